The molecular weight excluding hydrogens is 388 g/mol. The van der Waals surface area contributed by atoms with Gasteiger partial charge in [-0.25, -0.2) is 8.42 Å². The van der Waals surface area contributed by atoms with E-state index < -0.39 is 10.0 Å². The predicted molar refractivity (Wildman–Crippen MR) is 82.6 cm³/mol. The molecule has 0 radical (unpaired) electrons. The number of nitrogens with one attached hydrogen (secondary N) is 1. The first kappa shape index (κ1) is 16.2. The van der Waals surface area contributed by atoms with Crippen LogP contribution in [0.5, 0.6) is 0 Å². The van der Waals surface area contributed by atoms with Crippen LogP contribution in [0.15, 0.2) is 14.1 Å². The Bertz CT molecular complexity index is 598. The number of hydrogen-bond donors (Lipinski definition) is 1. The second-order valence-corrected chi connectivity index (χ2v) is 9.45. The van der Waals surface area contributed by atoms with Gasteiger partial charge in [0.2, 0.25) is 5.91 Å². The first-order valence-corrected chi connectivity index (χ1v) is 9.45. The molecule has 5 nitrogen and oxygen atoms in total. The SMILES string of the molecule is CNC(=O)C1CCCN(S(=O)(=O)c2cc(Cl)c(Br)s2)C1. The smallest absolute Gasteiger partial charge is 0.252 e. The third-order valence-corrected chi connectivity index (χ3v) is 8.01. The Morgan fingerprint density at radius 3 is 2.85 bits per heavy atom. The van der Waals surface area contributed by atoms with Crippen molar-refractivity contribution in [1.29, 1.82) is 0 Å². The van der Waals surface area contributed by atoms with Gasteiger partial charge in [0.1, 0.15) is 4.21 Å². The molecule has 1 aliphatic rings. The van der Waals surface area contributed by atoms with E-state index in [0.717, 1.165) is 11.3 Å². The van der Waals surface area contributed by atoms with E-state index in [-0.39, 0.29) is 22.6 Å². The van der Waals surface area contributed by atoms with Gasteiger partial charge in [-0.05, 0) is 34.8 Å². The maximum absolute atomic E-state index is 12.5. The molecule has 1 unspecified atom stereocenters. The Balaban J connectivity index is 2.23. The summed E-state index contributed by atoms with van der Waals surface area (Å²) in [7, 11) is -2.02. The number of carbonyl (C=O) groups is 1. The lowest BCUT2D eigenvalue weighted by molar-refractivity contribution is -0.125. The van der Waals surface area contributed by atoms with Crippen molar-refractivity contribution in [2.45, 2.75) is 17.1 Å². The fraction of sp³-hybridized carbons (Fsp3) is 0.545. The van der Waals surface area contributed by atoms with Crippen LogP contribution in [0, 0.1) is 5.92 Å². The highest BCUT2D eigenvalue weighted by molar-refractivity contribution is 9.11. The third-order valence-electron chi connectivity index (χ3n) is 3.22. The Labute approximate surface area is 135 Å². The topological polar surface area (TPSA) is 66.5 Å². The number of amides is 1. The lowest BCUT2D eigenvalue weighted by atomic mass is 9.99. The minimum atomic E-state index is -3.58. The largest absolute Gasteiger partial charge is 0.359 e. The second kappa shape index (κ2) is 6.31. The molecule has 0 spiro atoms. The van der Waals surface area contributed by atoms with Crippen molar-refractivity contribution in [2.24, 2.45) is 5.92 Å². The second-order valence-electron chi connectivity index (χ2n) is 4.50. The first-order valence-electron chi connectivity index (χ1n) is 6.03. The summed E-state index contributed by atoms with van der Waals surface area (Å²) >= 11 is 10.2. The van der Waals surface area contributed by atoms with Crippen LogP contribution in [0.1, 0.15) is 12.8 Å². The van der Waals surface area contributed by atoms with Gasteiger partial charge in [0.05, 0.1) is 14.7 Å². The summed E-state index contributed by atoms with van der Waals surface area (Å²) in [6.07, 6.45) is 1.39. The zero-order valence-electron chi connectivity index (χ0n) is 10.7. The summed E-state index contributed by atoms with van der Waals surface area (Å²) in [5, 5.41) is 2.96. The number of carbonyl (C=O) groups excluding carboxylic acids is 1. The Morgan fingerprint density at radius 1 is 1.60 bits per heavy atom. The lowest BCUT2D eigenvalue weighted by Crippen LogP contribution is -2.44. The van der Waals surface area contributed by atoms with E-state index in [4.69, 9.17) is 11.6 Å². The van der Waals surface area contributed by atoms with Gasteiger partial charge in [-0.1, -0.05) is 11.6 Å². The van der Waals surface area contributed by atoms with Crippen molar-refractivity contribution in [3.05, 3.63) is 14.9 Å². The molecule has 112 valence electrons. The van der Waals surface area contributed by atoms with Crippen molar-refractivity contribution in [1.82, 2.24) is 9.62 Å². The van der Waals surface area contributed by atoms with Crippen molar-refractivity contribution < 1.29 is 13.2 Å². The van der Waals surface area contributed by atoms with Crippen molar-refractivity contribution in [3.63, 3.8) is 0 Å². The Hall–Kier alpha value is -0.150. The van der Waals surface area contributed by atoms with Crippen LogP contribution in [0.3, 0.4) is 0 Å². The van der Waals surface area contributed by atoms with E-state index in [1.807, 2.05) is 0 Å². The zero-order valence-corrected chi connectivity index (χ0v) is 14.7. The minimum Gasteiger partial charge on any atom is -0.359 e. The van der Waals surface area contributed by atoms with Gasteiger partial charge >= 0.3 is 0 Å². The molecule has 1 aromatic rings. The molecule has 0 aliphatic carbocycles. The first-order chi connectivity index (χ1) is 9.36. The van der Waals surface area contributed by atoms with Gasteiger partial charge in [0.15, 0.2) is 0 Å². The van der Waals surface area contributed by atoms with E-state index in [9.17, 15) is 13.2 Å². The monoisotopic (exact) mass is 400 g/mol. The molecule has 1 atom stereocenters. The van der Waals surface area contributed by atoms with Gasteiger partial charge in [-0.3, -0.25) is 4.79 Å². The molecular formula is C11H14BrClN2O3S2. The molecule has 1 aliphatic heterocycles. The number of rotatable bonds is 3. The van der Waals surface area contributed by atoms with Crippen molar-refractivity contribution >= 4 is 54.8 Å². The van der Waals surface area contributed by atoms with E-state index in [1.54, 1.807) is 7.05 Å². The van der Waals surface area contributed by atoms with Crippen molar-refractivity contribution in [3.8, 4) is 0 Å². The van der Waals surface area contributed by atoms with E-state index in [0.29, 0.717) is 28.2 Å². The Kier molecular flexibility index (Phi) is 5.12. The molecule has 0 saturated carbocycles. The highest BCUT2D eigenvalue weighted by atomic mass is 79.9. The summed E-state index contributed by atoms with van der Waals surface area (Å²) in [6, 6.07) is 1.44. The highest BCUT2D eigenvalue weighted by Crippen LogP contribution is 2.36. The number of sulfonamides is 1. The summed E-state index contributed by atoms with van der Waals surface area (Å²) in [6.45, 7) is 0.651. The number of halogens is 2. The minimum absolute atomic E-state index is 0.115. The maximum atomic E-state index is 12.5. The average molecular weight is 402 g/mol. The van der Waals surface area contributed by atoms with Crippen LogP contribution in [0.2, 0.25) is 5.02 Å². The molecule has 2 heterocycles. The summed E-state index contributed by atoms with van der Waals surface area (Å²) in [5.41, 5.74) is 0. The number of piperidine rings is 1. The molecule has 20 heavy (non-hydrogen) atoms. The number of nitrogens with zero attached hydrogens (tertiary/aromatic N) is 1. The number of hydrogen-bond acceptors (Lipinski definition) is 4. The fourth-order valence-corrected chi connectivity index (χ4v) is 6.24. The molecule has 1 saturated heterocycles. The van der Waals surface area contributed by atoms with Gasteiger partial charge in [0.25, 0.3) is 10.0 Å². The molecule has 1 aromatic heterocycles. The van der Waals surface area contributed by atoms with Crippen LogP contribution in [0.25, 0.3) is 0 Å². The van der Waals surface area contributed by atoms with Gasteiger partial charge in [-0.2, -0.15) is 4.31 Å². The molecule has 9 heteroatoms. The van der Waals surface area contributed by atoms with Gasteiger partial charge in [-0.15, -0.1) is 11.3 Å². The normalized spacial score (nSPS) is 20.9. The predicted octanol–water partition coefficient (Wildman–Crippen LogP) is 2.31. The highest BCUT2D eigenvalue weighted by Gasteiger charge is 2.34. The van der Waals surface area contributed by atoms with E-state index in [2.05, 4.69) is 21.2 Å². The molecule has 2 rings (SSSR count). The molecule has 1 N–H and O–H groups in total. The molecule has 0 bridgehead atoms. The van der Waals surface area contributed by atoms with Crippen LogP contribution < -0.4 is 5.32 Å². The third kappa shape index (κ3) is 3.19. The lowest BCUT2D eigenvalue weighted by Gasteiger charge is -2.30. The van der Waals surface area contributed by atoms with E-state index in [1.165, 1.54) is 10.4 Å². The van der Waals surface area contributed by atoms with Gasteiger partial charge in [0, 0.05) is 20.1 Å². The molecule has 1 fully saturated rings. The standard InChI is InChI=1S/C11H14BrClN2O3S2/c1-14-11(16)7-3-2-4-15(6-7)20(17,18)9-5-8(13)10(12)19-9/h5,7H,2-4,6H2,1H3,(H,14,16). The van der Waals surface area contributed by atoms with E-state index >= 15 is 0 Å². The summed E-state index contributed by atoms with van der Waals surface area (Å²) < 4.78 is 27.2. The van der Waals surface area contributed by atoms with Crippen LogP contribution in [0.4, 0.5) is 0 Å². The quantitative estimate of drug-likeness (QED) is 0.845. The Morgan fingerprint density at radius 2 is 2.30 bits per heavy atom. The summed E-state index contributed by atoms with van der Waals surface area (Å²) in [5.74, 6) is -0.405. The average Bonchev–Trinajstić information content (AvgIpc) is 2.78. The van der Waals surface area contributed by atoms with Crippen LogP contribution in [-0.4, -0.2) is 38.8 Å². The maximum Gasteiger partial charge on any atom is 0.252 e. The van der Waals surface area contributed by atoms with Crippen LogP contribution >= 0.6 is 38.9 Å². The fourth-order valence-electron chi connectivity index (χ4n) is 2.16. The molecule has 0 aromatic carbocycles. The van der Waals surface area contributed by atoms with Gasteiger partial charge < -0.3 is 5.32 Å². The number of thiophene rings is 1. The van der Waals surface area contributed by atoms with Crippen LogP contribution in [-0.2, 0) is 14.8 Å². The van der Waals surface area contributed by atoms with Crippen molar-refractivity contribution in [2.75, 3.05) is 20.1 Å². The zero-order chi connectivity index (χ0) is 14.9. The summed E-state index contributed by atoms with van der Waals surface area (Å²) in [4.78, 5) is 11.7. The molecule has 1 amide bonds.